The average molecular weight is 478 g/mol. The third-order valence-electron chi connectivity index (χ3n) is 5.17. The van der Waals surface area contributed by atoms with Gasteiger partial charge in [-0.05, 0) is 73.0 Å². The molecule has 1 N–H and O–H groups in total. The van der Waals surface area contributed by atoms with Crippen LogP contribution >= 0.6 is 0 Å². The molecule has 2 heterocycles. The van der Waals surface area contributed by atoms with Crippen molar-refractivity contribution in [1.82, 2.24) is 4.98 Å². The van der Waals surface area contributed by atoms with Crippen LogP contribution in [0.25, 0.3) is 11.1 Å². The minimum atomic E-state index is -4.75. The van der Waals surface area contributed by atoms with Crippen molar-refractivity contribution in [2.45, 2.75) is 20.2 Å². The van der Waals surface area contributed by atoms with Crippen LogP contribution in [0.3, 0.4) is 0 Å². The molecule has 1 aliphatic heterocycles. The predicted molar refractivity (Wildman–Crippen MR) is 129 cm³/mol. The minimum Gasteiger partial charge on any atom is -0.406 e. The number of carbonyl (C=O) groups excluding carboxylic acids is 1. The first kappa shape index (κ1) is 23.7. The number of alkyl halides is 3. The quantitative estimate of drug-likeness (QED) is 0.456. The number of carbonyl (C=O) groups is 1. The lowest BCUT2D eigenvalue weighted by molar-refractivity contribution is -0.274. The van der Waals surface area contributed by atoms with Crippen LogP contribution in [0.5, 0.6) is 5.75 Å². The van der Waals surface area contributed by atoms with Crippen LogP contribution in [0.1, 0.15) is 22.8 Å². The van der Waals surface area contributed by atoms with Crippen molar-refractivity contribution in [2.75, 3.05) is 10.2 Å². The van der Waals surface area contributed by atoms with Gasteiger partial charge in [-0.1, -0.05) is 18.2 Å². The van der Waals surface area contributed by atoms with Crippen molar-refractivity contribution < 1.29 is 22.7 Å². The van der Waals surface area contributed by atoms with E-state index < -0.39 is 6.36 Å². The number of ether oxygens (including phenoxy) is 1. The molecule has 0 saturated heterocycles. The summed E-state index contributed by atoms with van der Waals surface area (Å²) in [6.07, 6.45) is 3.75. The minimum absolute atomic E-state index is 0.284. The average Bonchev–Trinajstić information content (AvgIpc) is 3.02. The first-order valence-corrected chi connectivity index (χ1v) is 10.6. The van der Waals surface area contributed by atoms with E-state index in [0.717, 1.165) is 16.8 Å². The summed E-state index contributed by atoms with van der Waals surface area (Å²) in [6.45, 7) is 3.60. The number of aromatic nitrogens is 1. The van der Waals surface area contributed by atoms with Gasteiger partial charge in [0.2, 0.25) is 0 Å². The smallest absolute Gasteiger partial charge is 0.406 e. The Labute approximate surface area is 200 Å². The summed E-state index contributed by atoms with van der Waals surface area (Å²) in [7, 11) is 0. The molecule has 1 amide bonds. The van der Waals surface area contributed by atoms with Crippen LogP contribution in [0.15, 0.2) is 90.0 Å². The van der Waals surface area contributed by atoms with E-state index in [1.54, 1.807) is 61.8 Å². The van der Waals surface area contributed by atoms with Gasteiger partial charge in [0.05, 0.1) is 5.56 Å². The lowest BCUT2D eigenvalue weighted by Crippen LogP contribution is -2.17. The molecule has 0 radical (unpaired) electrons. The Morgan fingerprint density at radius 2 is 1.89 bits per heavy atom. The van der Waals surface area contributed by atoms with Crippen molar-refractivity contribution in [2.24, 2.45) is 4.99 Å². The fourth-order valence-corrected chi connectivity index (χ4v) is 3.55. The number of halogens is 3. The number of aryl methyl sites for hydroxylation is 1. The molecule has 0 atom stereocenters. The number of anilines is 2. The van der Waals surface area contributed by atoms with Crippen molar-refractivity contribution in [3.8, 4) is 16.9 Å². The van der Waals surface area contributed by atoms with Crippen LogP contribution < -0.4 is 15.0 Å². The van der Waals surface area contributed by atoms with E-state index in [2.05, 4.69) is 20.0 Å². The van der Waals surface area contributed by atoms with Gasteiger partial charge >= 0.3 is 6.36 Å². The van der Waals surface area contributed by atoms with Crippen LogP contribution in [0.2, 0.25) is 0 Å². The van der Waals surface area contributed by atoms with E-state index in [0.29, 0.717) is 22.6 Å². The van der Waals surface area contributed by atoms with Gasteiger partial charge in [-0.3, -0.25) is 9.79 Å². The molecular formula is C26H21F3N4O2. The SMILES string of the molecule is CC1=CN=CC=CN1c1ccc(C(=O)Nc2cccc(-c3ccc(OC(F)(F)F)cc3C)c2)cn1. The Balaban J connectivity index is 1.48. The summed E-state index contributed by atoms with van der Waals surface area (Å²) >= 11 is 0. The molecule has 9 heteroatoms. The number of amides is 1. The Morgan fingerprint density at radius 3 is 2.60 bits per heavy atom. The van der Waals surface area contributed by atoms with Gasteiger partial charge < -0.3 is 15.0 Å². The van der Waals surface area contributed by atoms with Crippen molar-refractivity contribution in [3.63, 3.8) is 0 Å². The molecule has 2 aromatic carbocycles. The highest BCUT2D eigenvalue weighted by Crippen LogP contribution is 2.31. The number of aliphatic imine (C=N–C) groups is 1. The third kappa shape index (κ3) is 5.94. The van der Waals surface area contributed by atoms with Gasteiger partial charge in [0.15, 0.2) is 0 Å². The summed E-state index contributed by atoms with van der Waals surface area (Å²) in [5, 5.41) is 2.84. The van der Waals surface area contributed by atoms with Gasteiger partial charge in [0, 0.05) is 36.2 Å². The zero-order valence-corrected chi connectivity index (χ0v) is 18.9. The maximum Gasteiger partial charge on any atom is 0.573 e. The van der Waals surface area contributed by atoms with Gasteiger partial charge in [-0.15, -0.1) is 13.2 Å². The van der Waals surface area contributed by atoms with Crippen LogP contribution in [0.4, 0.5) is 24.7 Å². The predicted octanol–water partition coefficient (Wildman–Crippen LogP) is 6.47. The van der Waals surface area contributed by atoms with Crippen molar-refractivity contribution >= 4 is 23.6 Å². The van der Waals surface area contributed by atoms with E-state index in [1.807, 2.05) is 24.1 Å². The maximum atomic E-state index is 12.8. The number of nitrogens with one attached hydrogen (secondary N) is 1. The fourth-order valence-electron chi connectivity index (χ4n) is 3.55. The van der Waals surface area contributed by atoms with Gasteiger partial charge in [0.1, 0.15) is 11.6 Å². The molecule has 0 spiro atoms. The van der Waals surface area contributed by atoms with Crippen LogP contribution in [-0.4, -0.2) is 23.5 Å². The fraction of sp³-hybridized carbons (Fsp3) is 0.115. The van der Waals surface area contributed by atoms with Gasteiger partial charge in [-0.25, -0.2) is 4.98 Å². The first-order valence-electron chi connectivity index (χ1n) is 10.6. The molecule has 0 unspecified atom stereocenters. The van der Waals surface area contributed by atoms with Crippen LogP contribution in [-0.2, 0) is 0 Å². The van der Waals surface area contributed by atoms with E-state index in [4.69, 9.17) is 0 Å². The molecule has 3 aromatic rings. The zero-order chi connectivity index (χ0) is 25.0. The topological polar surface area (TPSA) is 66.8 Å². The highest BCUT2D eigenvalue weighted by Gasteiger charge is 2.31. The van der Waals surface area contributed by atoms with Gasteiger partial charge in [0.25, 0.3) is 5.91 Å². The Morgan fingerprint density at radius 1 is 1.06 bits per heavy atom. The molecule has 0 aliphatic carbocycles. The van der Waals surface area contributed by atoms with E-state index in [9.17, 15) is 18.0 Å². The van der Waals surface area contributed by atoms with Crippen molar-refractivity contribution in [3.05, 3.63) is 96.1 Å². The number of allylic oxidation sites excluding steroid dienone is 2. The highest BCUT2D eigenvalue weighted by atomic mass is 19.4. The molecular weight excluding hydrogens is 457 g/mol. The molecule has 1 aromatic heterocycles. The normalized spacial score (nSPS) is 13.3. The Hall–Kier alpha value is -4.40. The monoisotopic (exact) mass is 478 g/mol. The number of rotatable bonds is 5. The highest BCUT2D eigenvalue weighted by molar-refractivity contribution is 6.04. The number of hydrogen-bond acceptors (Lipinski definition) is 5. The van der Waals surface area contributed by atoms with Crippen molar-refractivity contribution in [1.29, 1.82) is 0 Å². The zero-order valence-electron chi connectivity index (χ0n) is 18.9. The van der Waals surface area contributed by atoms with Gasteiger partial charge in [-0.2, -0.15) is 0 Å². The molecule has 4 rings (SSSR count). The lowest BCUT2D eigenvalue weighted by Gasteiger charge is -2.18. The largest absolute Gasteiger partial charge is 0.573 e. The summed E-state index contributed by atoms with van der Waals surface area (Å²) in [5.74, 6) is 0.0226. The molecule has 0 bridgehead atoms. The first-order chi connectivity index (χ1) is 16.7. The molecule has 1 aliphatic rings. The lowest BCUT2D eigenvalue weighted by atomic mass is 10.00. The molecule has 178 valence electrons. The van der Waals surface area contributed by atoms with Crippen LogP contribution in [0, 0.1) is 6.92 Å². The summed E-state index contributed by atoms with van der Waals surface area (Å²) in [4.78, 5) is 23.1. The Bertz CT molecular complexity index is 1330. The maximum absolute atomic E-state index is 12.8. The number of benzene rings is 2. The van der Waals surface area contributed by atoms with E-state index in [1.165, 1.54) is 18.3 Å². The molecule has 6 nitrogen and oxygen atoms in total. The summed E-state index contributed by atoms with van der Waals surface area (Å²) in [6, 6.07) is 14.6. The Kier molecular flexibility index (Phi) is 6.68. The van der Waals surface area contributed by atoms with E-state index >= 15 is 0 Å². The second kappa shape index (κ2) is 9.84. The number of pyridine rings is 1. The number of hydrogen-bond donors (Lipinski definition) is 1. The molecule has 35 heavy (non-hydrogen) atoms. The molecule has 0 fully saturated rings. The van der Waals surface area contributed by atoms with E-state index in [-0.39, 0.29) is 11.7 Å². The summed E-state index contributed by atoms with van der Waals surface area (Å²) < 4.78 is 41.4. The molecule has 0 saturated carbocycles. The second-order valence-electron chi connectivity index (χ2n) is 7.74. The second-order valence-corrected chi connectivity index (χ2v) is 7.74. The number of nitrogens with zero attached hydrogens (tertiary/aromatic N) is 3. The third-order valence-corrected chi connectivity index (χ3v) is 5.17. The standard InChI is InChI=1S/C26H21F3N4O2/c1-17-13-22(35-26(27,28)29)8-9-23(17)19-5-3-6-21(14-19)32-25(34)20-7-10-24(31-16-20)33-12-4-11-30-15-18(33)2/h3-16H,1-2H3,(H,32,34). The summed E-state index contributed by atoms with van der Waals surface area (Å²) in [5.41, 5.74) is 3.86.